The van der Waals surface area contributed by atoms with E-state index in [-0.39, 0.29) is 16.7 Å². The Hall–Kier alpha value is -0.803. The van der Waals surface area contributed by atoms with Crippen LogP contribution in [0.2, 0.25) is 13.1 Å². The number of hydrogen-bond acceptors (Lipinski definition) is 4. The predicted molar refractivity (Wildman–Crippen MR) is 121 cm³/mol. The highest BCUT2D eigenvalue weighted by atomic mass is 35.5. The van der Waals surface area contributed by atoms with Crippen LogP contribution in [-0.4, -0.2) is 37.7 Å². The van der Waals surface area contributed by atoms with E-state index in [4.69, 9.17) is 20.8 Å². The van der Waals surface area contributed by atoms with Crippen LogP contribution in [0.3, 0.4) is 0 Å². The summed E-state index contributed by atoms with van der Waals surface area (Å²) in [6.45, 7) is 8.72. The van der Waals surface area contributed by atoms with Crippen molar-refractivity contribution in [1.29, 1.82) is 5.26 Å². The molecule has 30 heavy (non-hydrogen) atoms. The first-order valence-electron chi connectivity index (χ1n) is 11.4. The largest absolute Gasteiger partial charge is 0.501 e. The second kappa shape index (κ2) is 7.37. The fourth-order valence-electron chi connectivity index (χ4n) is 7.46. The minimum absolute atomic E-state index is 0.0331. The smallest absolute Gasteiger partial charge is 0.203 e. The van der Waals surface area contributed by atoms with E-state index in [1.807, 2.05) is 0 Å². The molecular weight excluding hydrogens is 414 g/mol. The van der Waals surface area contributed by atoms with Crippen LogP contribution >= 0.6 is 11.6 Å². The molecule has 0 aromatic heterocycles. The number of nitrogens with zero attached hydrogens (tertiary/aromatic N) is 1. The third kappa shape index (κ3) is 3.05. The molecule has 4 aliphatic rings. The zero-order valence-corrected chi connectivity index (χ0v) is 20.8. The van der Waals surface area contributed by atoms with Gasteiger partial charge in [-0.05, 0) is 80.0 Å². The molecule has 6 heteroatoms. The molecule has 166 valence electrons. The van der Waals surface area contributed by atoms with Crippen LogP contribution in [0.4, 0.5) is 0 Å². The summed E-state index contributed by atoms with van der Waals surface area (Å²) in [6.07, 6.45) is 9.39. The molecule has 7 atom stereocenters. The lowest BCUT2D eigenvalue weighted by Gasteiger charge is -2.60. The number of aliphatic hydroxyl groups excluding tert-OH is 1. The zero-order valence-electron chi connectivity index (χ0n) is 19.0. The molecule has 0 bridgehead atoms. The Kier molecular flexibility index (Phi) is 5.50. The highest BCUT2D eigenvalue weighted by molar-refractivity contribution is 6.77. The van der Waals surface area contributed by atoms with Crippen molar-refractivity contribution in [3.63, 3.8) is 0 Å². The van der Waals surface area contributed by atoms with Gasteiger partial charge in [-0.2, -0.15) is 5.26 Å². The summed E-state index contributed by atoms with van der Waals surface area (Å²) < 4.78 is 12.2. The first-order chi connectivity index (χ1) is 14.1. The summed E-state index contributed by atoms with van der Waals surface area (Å²) in [5, 5.41) is 21.9. The maximum Gasteiger partial charge on any atom is 0.203 e. The highest BCUT2D eigenvalue weighted by Crippen LogP contribution is 2.67. The van der Waals surface area contributed by atoms with Crippen molar-refractivity contribution in [2.75, 3.05) is 12.6 Å². The van der Waals surface area contributed by atoms with Gasteiger partial charge in [-0.1, -0.05) is 19.9 Å². The first-order valence-corrected chi connectivity index (χ1v) is 15.0. The molecule has 0 heterocycles. The fraction of sp³-hybridized carbons (Fsp3) is 0.792. The number of rotatable bonds is 4. The van der Waals surface area contributed by atoms with Gasteiger partial charge in [0.05, 0.1) is 25.0 Å². The number of aliphatic hydroxyl groups is 1. The quantitative estimate of drug-likeness (QED) is 0.465. The van der Waals surface area contributed by atoms with Crippen LogP contribution in [0.25, 0.3) is 0 Å². The number of alkyl halides is 1. The number of ether oxygens (including phenoxy) is 1. The molecule has 4 rings (SSSR count). The molecule has 0 spiro atoms. The number of nitriles is 1. The molecule has 1 N–H and O–H groups in total. The lowest BCUT2D eigenvalue weighted by Crippen LogP contribution is -2.61. The highest BCUT2D eigenvalue weighted by Gasteiger charge is 2.68. The Balaban J connectivity index is 1.72. The minimum atomic E-state index is -2.15. The summed E-state index contributed by atoms with van der Waals surface area (Å²) in [5.74, 6) is 2.02. The molecule has 0 radical (unpaired) electrons. The van der Waals surface area contributed by atoms with E-state index in [0.717, 1.165) is 37.9 Å². The molecule has 0 saturated heterocycles. The van der Waals surface area contributed by atoms with Gasteiger partial charge in [0, 0.05) is 17.3 Å². The van der Waals surface area contributed by atoms with Gasteiger partial charge in [0.1, 0.15) is 5.60 Å². The molecule has 0 aliphatic heterocycles. The summed E-state index contributed by atoms with van der Waals surface area (Å²) in [5.41, 5.74) is 0.585. The Morgan fingerprint density at radius 2 is 2.07 bits per heavy atom. The van der Waals surface area contributed by atoms with E-state index >= 15 is 0 Å². The average Bonchev–Trinajstić information content (AvgIpc) is 2.98. The summed E-state index contributed by atoms with van der Waals surface area (Å²) in [4.78, 5) is 0. The van der Waals surface area contributed by atoms with Gasteiger partial charge < -0.3 is 14.3 Å². The van der Waals surface area contributed by atoms with Crippen LogP contribution in [0.1, 0.15) is 52.4 Å². The van der Waals surface area contributed by atoms with Crippen molar-refractivity contribution in [2.24, 2.45) is 28.6 Å². The normalized spacial score (nSPS) is 45.4. The maximum atomic E-state index is 11.6. The van der Waals surface area contributed by atoms with Gasteiger partial charge in [-0.15, -0.1) is 11.6 Å². The molecule has 0 aromatic rings. The molecule has 0 amide bonds. The van der Waals surface area contributed by atoms with Crippen LogP contribution in [-0.2, 0) is 9.16 Å². The van der Waals surface area contributed by atoms with E-state index in [1.165, 1.54) is 5.57 Å². The number of methoxy groups -OCH3 is 1. The number of fused-ring (bicyclic) bond motifs is 5. The molecule has 0 aromatic carbocycles. The average molecular weight is 450 g/mol. The lowest BCUT2D eigenvalue weighted by atomic mass is 9.46. The molecule has 0 unspecified atom stereocenters. The Labute approximate surface area is 187 Å². The monoisotopic (exact) mass is 449 g/mol. The van der Waals surface area contributed by atoms with E-state index in [1.54, 1.807) is 7.11 Å². The molecule has 4 nitrogen and oxygen atoms in total. The standard InChI is InChI=1S/C24H36ClNO3Si/c1-22-10-8-17(28-3)12-16(22)6-7-18-19-9-11-24(14-26,29-30(4,5)15-25)23(19,2)13-20(27)21(18)22/h6,12,18-21,27H,7-11,13,15H2,1-5H3/t18-,19-,20-,21+,22-,23-,24-/m0/s1. The van der Waals surface area contributed by atoms with Crippen LogP contribution < -0.4 is 0 Å². The topological polar surface area (TPSA) is 62.5 Å². The Morgan fingerprint density at radius 1 is 1.33 bits per heavy atom. The Bertz CT molecular complexity index is 820. The molecular formula is C24H36ClNO3Si. The maximum absolute atomic E-state index is 11.6. The van der Waals surface area contributed by atoms with Gasteiger partial charge >= 0.3 is 0 Å². The van der Waals surface area contributed by atoms with Crippen molar-refractivity contribution in [1.82, 2.24) is 0 Å². The lowest BCUT2D eigenvalue weighted by molar-refractivity contribution is -0.143. The van der Waals surface area contributed by atoms with Crippen molar-refractivity contribution in [3.05, 3.63) is 23.5 Å². The van der Waals surface area contributed by atoms with Gasteiger partial charge in [-0.25, -0.2) is 0 Å². The number of allylic oxidation sites excluding steroid dienone is 4. The van der Waals surface area contributed by atoms with Crippen LogP contribution in [0.5, 0.6) is 0 Å². The Morgan fingerprint density at radius 3 is 2.70 bits per heavy atom. The van der Waals surface area contributed by atoms with E-state index in [0.29, 0.717) is 23.8 Å². The van der Waals surface area contributed by atoms with Gasteiger partial charge in [0.25, 0.3) is 0 Å². The second-order valence-electron chi connectivity index (χ2n) is 11.1. The number of halogens is 1. The van der Waals surface area contributed by atoms with Crippen molar-refractivity contribution >= 4 is 19.9 Å². The summed E-state index contributed by atoms with van der Waals surface area (Å²) >= 11 is 6.22. The zero-order chi connectivity index (χ0) is 21.9. The van der Waals surface area contributed by atoms with Crippen molar-refractivity contribution in [2.45, 2.75) is 77.2 Å². The minimum Gasteiger partial charge on any atom is -0.501 e. The number of hydrogen-bond donors (Lipinski definition) is 1. The summed E-state index contributed by atoms with van der Waals surface area (Å²) in [6, 6.07) is 2.60. The van der Waals surface area contributed by atoms with Crippen LogP contribution in [0.15, 0.2) is 23.5 Å². The van der Waals surface area contributed by atoms with E-state index in [2.05, 4.69) is 45.2 Å². The summed E-state index contributed by atoms with van der Waals surface area (Å²) in [7, 11) is -0.408. The fourth-order valence-corrected chi connectivity index (χ4v) is 9.00. The molecule has 2 saturated carbocycles. The first kappa shape index (κ1) is 22.4. The SMILES string of the molecule is COC1=CC2=CC[C@@H]3[C@H]([C@@H](O)C[C@@]4(C)[C@H]3CC[C@@]4(C#N)O[Si](C)(C)CCl)[C@@]2(C)CC1. The molecule has 2 fully saturated rings. The van der Waals surface area contributed by atoms with E-state index in [9.17, 15) is 10.4 Å². The van der Waals surface area contributed by atoms with Gasteiger partial charge in [-0.3, -0.25) is 0 Å². The van der Waals surface area contributed by atoms with Gasteiger partial charge in [0.15, 0.2) is 0 Å². The second-order valence-corrected chi connectivity index (χ2v) is 15.9. The van der Waals surface area contributed by atoms with Gasteiger partial charge in [0.2, 0.25) is 8.32 Å². The van der Waals surface area contributed by atoms with Crippen LogP contribution in [0, 0.1) is 39.9 Å². The van der Waals surface area contributed by atoms with E-state index < -0.39 is 20.0 Å². The van der Waals surface area contributed by atoms with Crippen molar-refractivity contribution < 1.29 is 14.3 Å². The third-order valence-corrected chi connectivity index (χ3v) is 12.5. The predicted octanol–water partition coefficient (Wildman–Crippen LogP) is 5.32. The molecule has 4 aliphatic carbocycles. The third-order valence-electron chi connectivity index (χ3n) is 9.00. The van der Waals surface area contributed by atoms with Crippen molar-refractivity contribution in [3.8, 4) is 6.07 Å².